The van der Waals surface area contributed by atoms with Gasteiger partial charge in [0.25, 0.3) is 0 Å². The van der Waals surface area contributed by atoms with Crippen LogP contribution in [0, 0.1) is 0 Å². The van der Waals surface area contributed by atoms with E-state index in [1.807, 2.05) is 29.8 Å². The second kappa shape index (κ2) is 8.00. The van der Waals surface area contributed by atoms with Gasteiger partial charge in [0.2, 0.25) is 0 Å². The van der Waals surface area contributed by atoms with Gasteiger partial charge in [-0.1, -0.05) is 30.7 Å². The Bertz CT molecular complexity index is 571. The van der Waals surface area contributed by atoms with Gasteiger partial charge < -0.3 is 10.1 Å². The van der Waals surface area contributed by atoms with Gasteiger partial charge in [0, 0.05) is 18.7 Å². The predicted octanol–water partition coefficient (Wildman–Crippen LogP) is 3.03. The van der Waals surface area contributed by atoms with Crippen molar-refractivity contribution in [1.82, 2.24) is 20.1 Å². The molecule has 0 aliphatic rings. The summed E-state index contributed by atoms with van der Waals surface area (Å²) < 4.78 is 7.70. The summed E-state index contributed by atoms with van der Waals surface area (Å²) in [4.78, 5) is 4.20. The molecule has 0 spiro atoms. The molecule has 1 heterocycles. The number of benzene rings is 1. The Kier molecular flexibility index (Phi) is 6.02. The molecule has 2 aromatic rings. The minimum atomic E-state index is 0.359. The number of aromatic nitrogens is 3. The quantitative estimate of drug-likeness (QED) is 0.762. The highest BCUT2D eigenvalue weighted by Gasteiger charge is 2.10. The maximum Gasteiger partial charge on any atom is 0.164 e. The molecular weight excluding hydrogens is 288 g/mol. The highest BCUT2D eigenvalue weighted by atomic mass is 35.5. The summed E-state index contributed by atoms with van der Waals surface area (Å²) in [7, 11) is 0. The molecule has 5 nitrogen and oxygen atoms in total. The van der Waals surface area contributed by atoms with E-state index in [0.717, 1.165) is 37.4 Å². The molecule has 1 aromatic heterocycles. The number of halogens is 1. The van der Waals surface area contributed by atoms with Crippen LogP contribution in [0.25, 0.3) is 0 Å². The number of ether oxygens (including phenoxy) is 1. The molecule has 0 atom stereocenters. The fourth-order valence-electron chi connectivity index (χ4n) is 2.05. The Morgan fingerprint density at radius 1 is 1.33 bits per heavy atom. The second-order valence-corrected chi connectivity index (χ2v) is 5.09. The third-order valence-electron chi connectivity index (χ3n) is 3.13. The molecule has 0 saturated heterocycles. The number of aryl methyl sites for hydroxylation is 1. The molecule has 0 saturated carbocycles. The molecule has 0 aliphatic carbocycles. The molecule has 0 fully saturated rings. The molecular formula is C15H21ClN4O. The predicted molar refractivity (Wildman–Crippen MR) is 83.5 cm³/mol. The average Bonchev–Trinajstić information content (AvgIpc) is 2.94. The molecule has 0 bridgehead atoms. The van der Waals surface area contributed by atoms with Crippen LogP contribution in [-0.2, 0) is 19.7 Å². The van der Waals surface area contributed by atoms with E-state index in [2.05, 4.69) is 22.3 Å². The summed E-state index contributed by atoms with van der Waals surface area (Å²) in [6.07, 6.45) is 2.63. The average molecular weight is 309 g/mol. The van der Waals surface area contributed by atoms with Crippen LogP contribution in [0.1, 0.15) is 31.7 Å². The molecule has 114 valence electrons. The van der Waals surface area contributed by atoms with Gasteiger partial charge in [0.15, 0.2) is 5.82 Å². The van der Waals surface area contributed by atoms with Crippen molar-refractivity contribution in [3.05, 3.63) is 40.9 Å². The lowest BCUT2D eigenvalue weighted by atomic mass is 10.2. The molecule has 1 N–H and O–H groups in total. The van der Waals surface area contributed by atoms with Gasteiger partial charge in [0.1, 0.15) is 18.7 Å². The van der Waals surface area contributed by atoms with Crippen LogP contribution in [-0.4, -0.2) is 21.3 Å². The number of rotatable bonds is 8. The van der Waals surface area contributed by atoms with E-state index in [-0.39, 0.29) is 0 Å². The molecule has 0 amide bonds. The summed E-state index contributed by atoms with van der Waals surface area (Å²) >= 11 is 6.26. The van der Waals surface area contributed by atoms with Gasteiger partial charge in [0.05, 0.1) is 5.02 Å². The van der Waals surface area contributed by atoms with Crippen molar-refractivity contribution in [3.8, 4) is 5.75 Å². The van der Waals surface area contributed by atoms with Gasteiger partial charge in [-0.2, -0.15) is 5.10 Å². The van der Waals surface area contributed by atoms with Gasteiger partial charge in [-0.05, 0) is 26.0 Å². The number of para-hydroxylation sites is 1. The maximum atomic E-state index is 6.26. The zero-order valence-corrected chi connectivity index (χ0v) is 13.2. The normalized spacial score (nSPS) is 10.8. The van der Waals surface area contributed by atoms with E-state index in [9.17, 15) is 0 Å². The van der Waals surface area contributed by atoms with Crippen molar-refractivity contribution < 1.29 is 4.74 Å². The van der Waals surface area contributed by atoms with Gasteiger partial charge in [-0.15, -0.1) is 0 Å². The Morgan fingerprint density at radius 3 is 2.95 bits per heavy atom. The summed E-state index contributed by atoms with van der Waals surface area (Å²) in [5, 5.41) is 8.11. The van der Waals surface area contributed by atoms with Crippen LogP contribution in [0.4, 0.5) is 0 Å². The fourth-order valence-corrected chi connectivity index (χ4v) is 2.30. The van der Waals surface area contributed by atoms with Crippen molar-refractivity contribution in [2.24, 2.45) is 0 Å². The van der Waals surface area contributed by atoms with Gasteiger partial charge in [-0.3, -0.25) is 0 Å². The molecule has 0 aliphatic heterocycles. The van der Waals surface area contributed by atoms with E-state index >= 15 is 0 Å². The lowest BCUT2D eigenvalue weighted by Gasteiger charge is -2.13. The second-order valence-electron chi connectivity index (χ2n) is 4.69. The zero-order valence-electron chi connectivity index (χ0n) is 12.5. The van der Waals surface area contributed by atoms with Crippen LogP contribution >= 0.6 is 11.6 Å². The number of hydrogen-bond acceptors (Lipinski definition) is 4. The largest absolute Gasteiger partial charge is 0.484 e. The molecule has 0 unspecified atom stereocenters. The first-order valence-electron chi connectivity index (χ1n) is 7.23. The van der Waals surface area contributed by atoms with Crippen molar-refractivity contribution >= 4 is 11.6 Å². The molecule has 21 heavy (non-hydrogen) atoms. The van der Waals surface area contributed by atoms with Crippen LogP contribution in [0.3, 0.4) is 0 Å². The summed E-state index contributed by atoms with van der Waals surface area (Å²) in [5.74, 6) is 1.51. The molecule has 2 rings (SSSR count). The fraction of sp³-hybridized carbons (Fsp3) is 0.467. The first-order valence-corrected chi connectivity index (χ1v) is 7.61. The van der Waals surface area contributed by atoms with E-state index < -0.39 is 0 Å². The number of nitrogens with one attached hydrogen (secondary N) is 1. The Balaban J connectivity index is 2.07. The van der Waals surface area contributed by atoms with Crippen molar-refractivity contribution in [2.75, 3.05) is 6.54 Å². The van der Waals surface area contributed by atoms with Crippen LogP contribution < -0.4 is 10.1 Å². The maximum absolute atomic E-state index is 6.26. The highest BCUT2D eigenvalue weighted by molar-refractivity contribution is 6.32. The molecule has 1 aromatic carbocycles. The topological polar surface area (TPSA) is 52.0 Å². The van der Waals surface area contributed by atoms with E-state index in [1.54, 1.807) is 6.33 Å². The van der Waals surface area contributed by atoms with E-state index in [0.29, 0.717) is 17.4 Å². The Hall–Kier alpha value is -1.59. The first-order chi connectivity index (χ1) is 10.3. The zero-order chi connectivity index (χ0) is 15.1. The lowest BCUT2D eigenvalue weighted by molar-refractivity contribution is 0.284. The lowest BCUT2D eigenvalue weighted by Crippen LogP contribution is -2.15. The molecule has 0 radical (unpaired) electrons. The first kappa shape index (κ1) is 15.8. The third-order valence-corrected chi connectivity index (χ3v) is 3.43. The smallest absolute Gasteiger partial charge is 0.164 e. The highest BCUT2D eigenvalue weighted by Crippen LogP contribution is 2.29. The van der Waals surface area contributed by atoms with Gasteiger partial charge >= 0.3 is 0 Å². The van der Waals surface area contributed by atoms with Crippen LogP contribution in [0.2, 0.25) is 5.02 Å². The standard InChI is InChI=1S/C15H21ClN4O/c1-3-8-17-9-12-6-5-7-13(16)15(12)21-10-14-18-11-19-20(14)4-2/h5-7,11,17H,3-4,8-10H2,1-2H3. The number of nitrogens with zero attached hydrogens (tertiary/aromatic N) is 3. The Labute approximate surface area is 130 Å². The van der Waals surface area contributed by atoms with Crippen LogP contribution in [0.15, 0.2) is 24.5 Å². The Morgan fingerprint density at radius 2 is 2.19 bits per heavy atom. The summed E-state index contributed by atoms with van der Waals surface area (Å²) in [6, 6.07) is 5.80. The summed E-state index contributed by atoms with van der Waals surface area (Å²) in [5.41, 5.74) is 1.05. The third kappa shape index (κ3) is 4.19. The SMILES string of the molecule is CCCNCc1cccc(Cl)c1OCc1ncnn1CC. The number of hydrogen-bond donors (Lipinski definition) is 1. The molecule has 6 heteroatoms. The van der Waals surface area contributed by atoms with Crippen molar-refractivity contribution in [2.45, 2.75) is 40.0 Å². The monoisotopic (exact) mass is 308 g/mol. The van der Waals surface area contributed by atoms with Gasteiger partial charge in [-0.25, -0.2) is 9.67 Å². The van der Waals surface area contributed by atoms with E-state index in [1.165, 1.54) is 0 Å². The van der Waals surface area contributed by atoms with Crippen LogP contribution in [0.5, 0.6) is 5.75 Å². The minimum Gasteiger partial charge on any atom is -0.484 e. The minimum absolute atomic E-state index is 0.359. The van der Waals surface area contributed by atoms with E-state index in [4.69, 9.17) is 16.3 Å². The van der Waals surface area contributed by atoms with Crippen molar-refractivity contribution in [1.29, 1.82) is 0 Å². The summed E-state index contributed by atoms with van der Waals surface area (Å²) in [6.45, 7) is 7.00. The van der Waals surface area contributed by atoms with Crippen molar-refractivity contribution in [3.63, 3.8) is 0 Å².